The maximum absolute atomic E-state index is 5.54. The van der Waals surface area contributed by atoms with Gasteiger partial charge in [-0.15, -0.1) is 0 Å². The van der Waals surface area contributed by atoms with Crippen molar-refractivity contribution in [3.8, 4) is 5.75 Å². The van der Waals surface area contributed by atoms with Crippen LogP contribution in [0.15, 0.2) is 45.3 Å². The lowest BCUT2D eigenvalue weighted by Gasteiger charge is -2.21. The average Bonchev–Trinajstić information content (AvgIpc) is 2.44. The molecule has 0 heterocycles. The van der Waals surface area contributed by atoms with E-state index in [9.17, 15) is 0 Å². The zero-order valence-electron chi connectivity index (χ0n) is 12.4. The van der Waals surface area contributed by atoms with Gasteiger partial charge in [-0.1, -0.05) is 50.1 Å². The molecule has 0 fully saturated rings. The van der Waals surface area contributed by atoms with Crippen LogP contribution in [0.2, 0.25) is 0 Å². The van der Waals surface area contributed by atoms with Crippen LogP contribution in [0, 0.1) is 6.92 Å². The van der Waals surface area contributed by atoms with Crippen molar-refractivity contribution < 1.29 is 4.74 Å². The normalized spacial score (nSPS) is 12.2. The minimum Gasteiger partial charge on any atom is -0.494 e. The highest BCUT2D eigenvalue weighted by Gasteiger charge is 2.18. The van der Waals surface area contributed by atoms with Gasteiger partial charge >= 0.3 is 0 Å². The summed E-state index contributed by atoms with van der Waals surface area (Å²) in [6.07, 6.45) is 0. The monoisotopic (exact) mass is 411 g/mol. The fourth-order valence-electron chi connectivity index (χ4n) is 2.34. The molecule has 0 aliphatic carbocycles. The Labute approximate surface area is 143 Å². The van der Waals surface area contributed by atoms with Gasteiger partial charge in [-0.25, -0.2) is 0 Å². The van der Waals surface area contributed by atoms with Crippen molar-refractivity contribution in [1.29, 1.82) is 0 Å². The van der Waals surface area contributed by atoms with E-state index in [0.717, 1.165) is 14.7 Å². The smallest absolute Gasteiger partial charge is 0.120 e. The molecule has 0 aliphatic heterocycles. The molecule has 0 saturated carbocycles. The van der Waals surface area contributed by atoms with Crippen LogP contribution >= 0.6 is 31.9 Å². The predicted molar refractivity (Wildman–Crippen MR) is 95.1 cm³/mol. The fraction of sp³-hybridized carbons (Fsp3) is 0.294. The molecule has 2 aromatic carbocycles. The van der Waals surface area contributed by atoms with Crippen LogP contribution in [-0.4, -0.2) is 13.7 Å². The average molecular weight is 413 g/mol. The lowest BCUT2D eigenvalue weighted by Crippen LogP contribution is -2.18. The first kappa shape index (κ1) is 16.5. The highest BCUT2D eigenvalue weighted by Crippen LogP contribution is 2.34. The molecule has 2 aromatic rings. The number of ether oxygens (including phenoxy) is 1. The van der Waals surface area contributed by atoms with Gasteiger partial charge < -0.3 is 10.1 Å². The highest BCUT2D eigenvalue weighted by molar-refractivity contribution is 9.10. The van der Waals surface area contributed by atoms with Crippen molar-refractivity contribution in [2.75, 3.05) is 13.7 Å². The SMILES string of the molecule is CCOc1ccc(C(NC)c2ccc(C)cc2Br)c(Br)c1. The Morgan fingerprint density at radius 1 is 1.05 bits per heavy atom. The van der Waals surface area contributed by atoms with E-state index in [0.29, 0.717) is 6.61 Å². The molecule has 4 heteroatoms. The second kappa shape index (κ2) is 7.43. The third-order valence-electron chi connectivity index (χ3n) is 3.35. The van der Waals surface area contributed by atoms with Crippen LogP contribution in [0.4, 0.5) is 0 Å². The van der Waals surface area contributed by atoms with E-state index >= 15 is 0 Å². The summed E-state index contributed by atoms with van der Waals surface area (Å²) in [7, 11) is 1.97. The third-order valence-corrected chi connectivity index (χ3v) is 4.72. The molecule has 0 amide bonds. The Bertz CT molecular complexity index is 628. The van der Waals surface area contributed by atoms with Crippen LogP contribution in [0.1, 0.15) is 29.7 Å². The van der Waals surface area contributed by atoms with Crippen LogP contribution in [0.25, 0.3) is 0 Å². The minimum absolute atomic E-state index is 0.116. The predicted octanol–water partition coefficient (Wildman–Crippen LogP) is 5.23. The lowest BCUT2D eigenvalue weighted by molar-refractivity contribution is 0.340. The minimum atomic E-state index is 0.116. The second-order valence-corrected chi connectivity index (χ2v) is 6.57. The van der Waals surface area contributed by atoms with E-state index in [-0.39, 0.29) is 6.04 Å². The van der Waals surface area contributed by atoms with Gasteiger partial charge in [-0.3, -0.25) is 0 Å². The van der Waals surface area contributed by atoms with Gasteiger partial charge in [-0.05, 0) is 55.8 Å². The first-order valence-corrected chi connectivity index (χ1v) is 8.51. The van der Waals surface area contributed by atoms with Gasteiger partial charge in [0, 0.05) is 8.95 Å². The summed E-state index contributed by atoms with van der Waals surface area (Å²) in [4.78, 5) is 0. The molecule has 1 atom stereocenters. The van der Waals surface area contributed by atoms with Crippen LogP contribution in [-0.2, 0) is 0 Å². The van der Waals surface area contributed by atoms with Gasteiger partial charge in [0.05, 0.1) is 12.6 Å². The summed E-state index contributed by atoms with van der Waals surface area (Å²) in [5, 5.41) is 3.39. The quantitative estimate of drug-likeness (QED) is 0.725. The Hall–Kier alpha value is -0.840. The lowest BCUT2D eigenvalue weighted by atomic mass is 9.98. The standard InChI is InChI=1S/C17H19Br2NO/c1-4-21-12-6-8-14(16(19)10-12)17(20-3)13-7-5-11(2)9-15(13)18/h5-10,17,20H,4H2,1-3H3. The number of hydrogen-bond donors (Lipinski definition) is 1. The van der Waals surface area contributed by atoms with Gasteiger partial charge in [0.15, 0.2) is 0 Å². The second-order valence-electron chi connectivity index (χ2n) is 4.86. The van der Waals surface area contributed by atoms with Crippen molar-refractivity contribution >= 4 is 31.9 Å². The van der Waals surface area contributed by atoms with E-state index in [4.69, 9.17) is 4.74 Å². The summed E-state index contributed by atoms with van der Waals surface area (Å²) < 4.78 is 7.70. The zero-order chi connectivity index (χ0) is 15.4. The van der Waals surface area contributed by atoms with Crippen molar-refractivity contribution in [3.05, 3.63) is 62.0 Å². The Morgan fingerprint density at radius 2 is 1.67 bits per heavy atom. The maximum atomic E-state index is 5.54. The van der Waals surface area contributed by atoms with Crippen molar-refractivity contribution in [1.82, 2.24) is 5.32 Å². The zero-order valence-corrected chi connectivity index (χ0v) is 15.6. The third kappa shape index (κ3) is 3.87. The van der Waals surface area contributed by atoms with E-state index < -0.39 is 0 Å². The summed E-state index contributed by atoms with van der Waals surface area (Å²) in [6.45, 7) is 4.75. The van der Waals surface area contributed by atoms with Crippen LogP contribution < -0.4 is 10.1 Å². The van der Waals surface area contributed by atoms with Crippen LogP contribution in [0.3, 0.4) is 0 Å². The molecular formula is C17H19Br2NO. The van der Waals surface area contributed by atoms with Gasteiger partial charge in [0.25, 0.3) is 0 Å². The molecule has 21 heavy (non-hydrogen) atoms. The molecule has 0 aromatic heterocycles. The molecular weight excluding hydrogens is 394 g/mol. The molecule has 1 N–H and O–H groups in total. The van der Waals surface area contributed by atoms with Crippen molar-refractivity contribution in [2.24, 2.45) is 0 Å². The number of aryl methyl sites for hydroxylation is 1. The van der Waals surface area contributed by atoms with Gasteiger partial charge in [0.2, 0.25) is 0 Å². The largest absolute Gasteiger partial charge is 0.494 e. The number of nitrogens with one attached hydrogen (secondary N) is 1. The molecule has 0 radical (unpaired) electrons. The molecule has 2 nitrogen and oxygen atoms in total. The summed E-state index contributed by atoms with van der Waals surface area (Å²) in [5.41, 5.74) is 3.64. The molecule has 1 unspecified atom stereocenters. The summed E-state index contributed by atoms with van der Waals surface area (Å²) in [5.74, 6) is 0.881. The highest BCUT2D eigenvalue weighted by atomic mass is 79.9. The number of hydrogen-bond acceptors (Lipinski definition) is 2. The molecule has 112 valence electrons. The topological polar surface area (TPSA) is 21.3 Å². The van der Waals surface area contributed by atoms with Crippen molar-refractivity contribution in [2.45, 2.75) is 19.9 Å². The van der Waals surface area contributed by atoms with E-state index in [1.807, 2.05) is 26.1 Å². The molecule has 2 rings (SSSR count). The Balaban J connectivity index is 2.41. The summed E-state index contributed by atoms with van der Waals surface area (Å²) >= 11 is 7.33. The number of rotatable bonds is 5. The van der Waals surface area contributed by atoms with E-state index in [1.54, 1.807) is 0 Å². The number of halogens is 2. The van der Waals surface area contributed by atoms with Gasteiger partial charge in [-0.2, -0.15) is 0 Å². The van der Waals surface area contributed by atoms with E-state index in [1.165, 1.54) is 16.7 Å². The Kier molecular flexibility index (Phi) is 5.85. The summed E-state index contributed by atoms with van der Waals surface area (Å²) in [6, 6.07) is 12.7. The molecule has 0 bridgehead atoms. The van der Waals surface area contributed by atoms with Crippen LogP contribution in [0.5, 0.6) is 5.75 Å². The first-order chi connectivity index (χ1) is 10.1. The fourth-order valence-corrected chi connectivity index (χ4v) is 3.65. The maximum Gasteiger partial charge on any atom is 0.120 e. The first-order valence-electron chi connectivity index (χ1n) is 6.92. The number of benzene rings is 2. The molecule has 0 saturated heterocycles. The molecule has 0 spiro atoms. The van der Waals surface area contributed by atoms with Crippen molar-refractivity contribution in [3.63, 3.8) is 0 Å². The Morgan fingerprint density at radius 3 is 2.19 bits per heavy atom. The van der Waals surface area contributed by atoms with E-state index in [2.05, 4.69) is 68.4 Å². The van der Waals surface area contributed by atoms with Gasteiger partial charge in [0.1, 0.15) is 5.75 Å². The molecule has 0 aliphatic rings.